The van der Waals surface area contributed by atoms with Crippen molar-refractivity contribution in [2.75, 3.05) is 0 Å². The van der Waals surface area contributed by atoms with Gasteiger partial charge in [-0.2, -0.15) is 0 Å². The summed E-state index contributed by atoms with van der Waals surface area (Å²) in [5.74, 6) is 0.966. The first kappa shape index (κ1) is 41.0. The van der Waals surface area contributed by atoms with Crippen molar-refractivity contribution in [2.45, 2.75) is 33.9 Å². The largest absolute Gasteiger partial charge is 0.611 e. The van der Waals surface area contributed by atoms with E-state index in [2.05, 4.69) is 0 Å². The van der Waals surface area contributed by atoms with E-state index in [9.17, 15) is 0 Å². The zero-order chi connectivity index (χ0) is 46.6. The minimum absolute atomic E-state index is 0.241. The van der Waals surface area contributed by atoms with Gasteiger partial charge >= 0.3 is 6.16 Å². The molecule has 12 rings (SSSR count). The lowest BCUT2D eigenvalue weighted by Crippen LogP contribution is -2.54. The van der Waals surface area contributed by atoms with E-state index in [1.165, 1.54) is 19.2 Å². The Kier molecular flexibility index (Phi) is 9.79. The van der Waals surface area contributed by atoms with Gasteiger partial charge in [0.25, 0.3) is 0 Å². The van der Waals surface area contributed by atoms with Crippen LogP contribution in [0.1, 0.15) is 22.3 Å². The molecule has 0 aliphatic carbocycles. The van der Waals surface area contributed by atoms with Crippen LogP contribution in [0.15, 0.2) is 170 Å². The van der Waals surface area contributed by atoms with Crippen LogP contribution >= 0.6 is 0 Å². The topological polar surface area (TPSA) is 160 Å². The van der Waals surface area contributed by atoms with Gasteiger partial charge in [0.05, 0.1) is 0 Å². The number of hydrogen-bond donors (Lipinski definition) is 0. The molecule has 0 fully saturated rings. The average Bonchev–Trinajstić information content (AvgIpc) is 4.18. The first-order chi connectivity index (χ1) is 33.7. The standard InChI is InChI=1S/C53H40N12O4/c1-33-21-25-49(45(29-33)62-54-37-13-5-6-14-38(37)55-62)66-53(67-50-26-22-34(2)30-46(50)63-56-39-15-7-8-16-40(39)57-63,68-51-27-23-35(3)31-47(51)64-58-41-17-9-10-18-42(41)59-64)69-52-28-24-36(4)32-48(52)65-60-43-19-11-12-20-44(43)61-65/h5-32H,1-4H3. The van der Waals surface area contributed by atoms with Crippen molar-refractivity contribution in [3.63, 3.8) is 0 Å². The molecular formula is C53H40N12O4. The summed E-state index contributed by atoms with van der Waals surface area (Å²) in [5, 5.41) is 38.9. The monoisotopic (exact) mass is 908 g/mol. The number of ether oxygens (including phenoxy) is 4. The number of nitrogens with zero attached hydrogens (tertiary/aromatic N) is 12. The number of aromatic nitrogens is 12. The Labute approximate surface area is 393 Å². The summed E-state index contributed by atoms with van der Waals surface area (Å²) < 4.78 is 29.1. The molecule has 12 aromatic rings. The van der Waals surface area contributed by atoms with Crippen LogP contribution in [0.5, 0.6) is 23.0 Å². The lowest BCUT2D eigenvalue weighted by molar-refractivity contribution is -0.367. The third-order valence-corrected chi connectivity index (χ3v) is 11.4. The average molecular weight is 909 g/mol. The van der Waals surface area contributed by atoms with Crippen LogP contribution < -0.4 is 18.9 Å². The fraction of sp³-hybridized carbons (Fsp3) is 0.0943. The second-order valence-corrected chi connectivity index (χ2v) is 16.7. The van der Waals surface area contributed by atoms with E-state index in [1.807, 2.05) is 173 Å². The highest BCUT2D eigenvalue weighted by Crippen LogP contribution is 2.39. The van der Waals surface area contributed by atoms with Gasteiger partial charge in [-0.3, -0.25) is 0 Å². The molecule has 0 unspecified atom stereocenters. The maximum absolute atomic E-state index is 7.27. The normalized spacial score (nSPS) is 11.8. The molecule has 0 aliphatic rings. The summed E-state index contributed by atoms with van der Waals surface area (Å²) in [4.78, 5) is 6.12. The van der Waals surface area contributed by atoms with Gasteiger partial charge in [0.2, 0.25) is 0 Å². The Morgan fingerprint density at radius 2 is 0.464 bits per heavy atom. The van der Waals surface area contributed by atoms with Crippen LogP contribution in [0.25, 0.3) is 66.9 Å². The number of aryl methyl sites for hydroxylation is 4. The van der Waals surface area contributed by atoms with E-state index in [0.29, 0.717) is 66.9 Å². The third-order valence-electron chi connectivity index (χ3n) is 11.4. The van der Waals surface area contributed by atoms with E-state index in [-0.39, 0.29) is 23.0 Å². The molecule has 0 bridgehead atoms. The molecule has 16 heteroatoms. The summed E-state index contributed by atoms with van der Waals surface area (Å²) in [6.07, 6.45) is -2.57. The van der Waals surface area contributed by atoms with Crippen molar-refractivity contribution in [2.24, 2.45) is 0 Å². The minimum atomic E-state index is -2.57. The van der Waals surface area contributed by atoms with Crippen LogP contribution in [-0.4, -0.2) is 66.1 Å². The molecule has 69 heavy (non-hydrogen) atoms. The Morgan fingerprint density at radius 1 is 0.275 bits per heavy atom. The first-order valence-corrected chi connectivity index (χ1v) is 22.2. The van der Waals surface area contributed by atoms with Gasteiger partial charge in [-0.05, 0) is 147 Å². The maximum atomic E-state index is 7.27. The Balaban J connectivity index is 1.11. The number of hydrogen-bond acceptors (Lipinski definition) is 12. The molecule has 0 amide bonds. The Bertz CT molecular complexity index is 3270. The quantitative estimate of drug-likeness (QED) is 0.107. The molecule has 0 saturated carbocycles. The third kappa shape index (κ3) is 7.84. The fourth-order valence-electron chi connectivity index (χ4n) is 8.01. The lowest BCUT2D eigenvalue weighted by atomic mass is 10.2. The van der Waals surface area contributed by atoms with Crippen molar-refractivity contribution in [1.29, 1.82) is 0 Å². The molecule has 0 radical (unpaired) electrons. The smallest absolute Gasteiger partial charge is 0.384 e. The first-order valence-electron chi connectivity index (χ1n) is 22.2. The molecule has 0 saturated heterocycles. The van der Waals surface area contributed by atoms with Gasteiger partial charge in [0, 0.05) is 0 Å². The van der Waals surface area contributed by atoms with Gasteiger partial charge in [0.1, 0.15) is 66.9 Å². The molecular weight excluding hydrogens is 869 g/mol. The Hall–Kier alpha value is -9.44. The predicted octanol–water partition coefficient (Wildman–Crippen LogP) is 10.1. The fourth-order valence-corrected chi connectivity index (χ4v) is 8.01. The highest BCUT2D eigenvalue weighted by molar-refractivity contribution is 5.76. The van der Waals surface area contributed by atoms with Crippen LogP contribution in [0.2, 0.25) is 0 Å². The number of fused-ring (bicyclic) bond motifs is 4. The summed E-state index contributed by atoms with van der Waals surface area (Å²) in [6, 6.07) is 53.1. The molecule has 0 aliphatic heterocycles. The highest BCUT2D eigenvalue weighted by Gasteiger charge is 2.47. The lowest BCUT2D eigenvalue weighted by Gasteiger charge is -2.34. The molecule has 0 N–H and O–H groups in total. The molecule has 16 nitrogen and oxygen atoms in total. The number of rotatable bonds is 12. The summed E-state index contributed by atoms with van der Waals surface area (Å²) in [5.41, 5.74) is 11.1. The van der Waals surface area contributed by atoms with Gasteiger partial charge in [-0.25, -0.2) is 0 Å². The molecule has 0 atom stereocenters. The second kappa shape index (κ2) is 16.5. The van der Waals surface area contributed by atoms with E-state index in [4.69, 9.17) is 59.7 Å². The number of benzene rings is 8. The van der Waals surface area contributed by atoms with Gasteiger partial charge in [-0.15, -0.1) is 60.0 Å². The van der Waals surface area contributed by atoms with Crippen molar-refractivity contribution in [3.8, 4) is 45.7 Å². The zero-order valence-corrected chi connectivity index (χ0v) is 37.7. The molecule has 4 heterocycles. The van der Waals surface area contributed by atoms with Crippen molar-refractivity contribution >= 4 is 44.1 Å². The van der Waals surface area contributed by atoms with Crippen LogP contribution in [0.3, 0.4) is 0 Å². The van der Waals surface area contributed by atoms with E-state index < -0.39 is 6.16 Å². The molecule has 4 aromatic heterocycles. The summed E-state index contributed by atoms with van der Waals surface area (Å²) in [6.45, 7) is 7.91. The van der Waals surface area contributed by atoms with Crippen molar-refractivity contribution < 1.29 is 18.9 Å². The van der Waals surface area contributed by atoms with Crippen LogP contribution in [-0.2, 0) is 0 Å². The van der Waals surface area contributed by atoms with E-state index >= 15 is 0 Å². The zero-order valence-electron chi connectivity index (χ0n) is 37.7. The van der Waals surface area contributed by atoms with E-state index in [0.717, 1.165) is 22.3 Å². The van der Waals surface area contributed by atoms with Gasteiger partial charge < -0.3 is 18.9 Å². The molecule has 0 spiro atoms. The second-order valence-electron chi connectivity index (χ2n) is 16.7. The van der Waals surface area contributed by atoms with Gasteiger partial charge in [0.15, 0.2) is 23.0 Å². The van der Waals surface area contributed by atoms with Crippen molar-refractivity contribution in [3.05, 3.63) is 192 Å². The summed E-state index contributed by atoms with van der Waals surface area (Å²) in [7, 11) is 0. The van der Waals surface area contributed by atoms with Crippen molar-refractivity contribution in [1.82, 2.24) is 60.0 Å². The molecule has 336 valence electrons. The maximum Gasteiger partial charge on any atom is 0.611 e. The predicted molar refractivity (Wildman–Crippen MR) is 260 cm³/mol. The SMILES string of the molecule is Cc1ccc(OC(Oc2ccc(C)cc2-n2nc3ccccc3n2)(Oc2ccc(C)cc2-n2nc3ccccc3n2)Oc2ccc(C)cc2-n2nc3ccccc3n2)c(-n2nc3ccccc3n2)c1. The van der Waals surface area contributed by atoms with E-state index in [1.54, 1.807) is 24.3 Å². The Morgan fingerprint density at radius 3 is 0.652 bits per heavy atom. The van der Waals surface area contributed by atoms with Crippen LogP contribution in [0.4, 0.5) is 0 Å². The highest BCUT2D eigenvalue weighted by atomic mass is 17.0. The summed E-state index contributed by atoms with van der Waals surface area (Å²) >= 11 is 0. The molecule has 8 aromatic carbocycles. The minimum Gasteiger partial charge on any atom is -0.384 e. The van der Waals surface area contributed by atoms with Gasteiger partial charge in [-0.1, -0.05) is 72.8 Å². The van der Waals surface area contributed by atoms with Crippen LogP contribution in [0, 0.1) is 27.7 Å².